The lowest BCUT2D eigenvalue weighted by Gasteiger charge is -2.32. The largest absolute Gasteiger partial charge is 0.396 e. The van der Waals surface area contributed by atoms with E-state index >= 15 is 0 Å². The van der Waals surface area contributed by atoms with Crippen LogP contribution >= 0.6 is 0 Å². The molecular formula is C21H27NO3. The Hall–Kier alpha value is -1.72. The van der Waals surface area contributed by atoms with Crippen LogP contribution < -0.4 is 0 Å². The van der Waals surface area contributed by atoms with Gasteiger partial charge in [0, 0.05) is 19.7 Å². The van der Waals surface area contributed by atoms with E-state index in [2.05, 4.69) is 29.2 Å². The molecule has 0 unspecified atom stereocenters. The number of ether oxygens (including phenoxy) is 1. The Morgan fingerprint density at radius 1 is 1.00 bits per heavy atom. The van der Waals surface area contributed by atoms with E-state index in [9.17, 15) is 10.2 Å². The van der Waals surface area contributed by atoms with Crippen LogP contribution in [0.4, 0.5) is 0 Å². The maximum atomic E-state index is 10.6. The van der Waals surface area contributed by atoms with Crippen molar-refractivity contribution in [1.29, 1.82) is 0 Å². The maximum absolute atomic E-state index is 10.6. The summed E-state index contributed by atoms with van der Waals surface area (Å²) in [7, 11) is 0. The average Bonchev–Trinajstić information content (AvgIpc) is 3.04. The van der Waals surface area contributed by atoms with Crippen molar-refractivity contribution in [2.45, 2.75) is 44.2 Å². The van der Waals surface area contributed by atoms with Gasteiger partial charge < -0.3 is 14.9 Å². The molecule has 0 amide bonds. The molecule has 0 radical (unpaired) electrons. The zero-order valence-corrected chi connectivity index (χ0v) is 14.5. The fourth-order valence-electron chi connectivity index (χ4n) is 3.60. The van der Waals surface area contributed by atoms with Gasteiger partial charge in [-0.2, -0.15) is 0 Å². The second-order valence-electron chi connectivity index (χ2n) is 6.65. The van der Waals surface area contributed by atoms with Crippen LogP contribution in [0.3, 0.4) is 0 Å². The highest BCUT2D eigenvalue weighted by molar-refractivity contribution is 5.16. The van der Waals surface area contributed by atoms with Crippen molar-refractivity contribution >= 4 is 0 Å². The van der Waals surface area contributed by atoms with Crippen LogP contribution in [0.2, 0.25) is 0 Å². The van der Waals surface area contributed by atoms with Gasteiger partial charge in [0.2, 0.25) is 0 Å². The summed E-state index contributed by atoms with van der Waals surface area (Å²) in [4.78, 5) is 2.28. The first kappa shape index (κ1) is 18.1. The number of hydrogen-bond donors (Lipinski definition) is 2. The third-order valence-electron chi connectivity index (χ3n) is 4.86. The Bertz CT molecular complexity index is 620. The molecular weight excluding hydrogens is 314 g/mol. The van der Waals surface area contributed by atoms with Crippen molar-refractivity contribution < 1.29 is 14.9 Å². The van der Waals surface area contributed by atoms with Crippen molar-refractivity contribution in [3.63, 3.8) is 0 Å². The predicted molar refractivity (Wildman–Crippen MR) is 98.0 cm³/mol. The van der Waals surface area contributed by atoms with Crippen LogP contribution in [0, 0.1) is 0 Å². The highest BCUT2D eigenvalue weighted by Gasteiger charge is 2.39. The summed E-state index contributed by atoms with van der Waals surface area (Å²) < 4.78 is 6.15. The number of aliphatic hydroxyl groups is 2. The summed E-state index contributed by atoms with van der Waals surface area (Å²) in [5.74, 6) is 0. The van der Waals surface area contributed by atoms with Gasteiger partial charge in [0.25, 0.3) is 0 Å². The molecule has 4 heteroatoms. The maximum Gasteiger partial charge on any atom is 0.0772 e. The van der Waals surface area contributed by atoms with Gasteiger partial charge in [-0.1, -0.05) is 60.7 Å². The molecule has 1 fully saturated rings. The molecule has 134 valence electrons. The van der Waals surface area contributed by atoms with E-state index < -0.39 is 6.10 Å². The Kier molecular flexibility index (Phi) is 6.59. The van der Waals surface area contributed by atoms with Crippen LogP contribution in [-0.2, 0) is 17.9 Å². The van der Waals surface area contributed by atoms with Crippen molar-refractivity contribution in [1.82, 2.24) is 4.90 Å². The fourth-order valence-corrected chi connectivity index (χ4v) is 3.60. The fraction of sp³-hybridized carbons (Fsp3) is 0.429. The normalized spacial score (nSPS) is 22.2. The first-order valence-corrected chi connectivity index (χ1v) is 9.00. The minimum absolute atomic E-state index is 0.0117. The van der Waals surface area contributed by atoms with Gasteiger partial charge in [-0.05, 0) is 24.0 Å². The Labute approximate surface area is 149 Å². The standard InChI is InChI=1S/C21H27NO3/c23-14-12-19(24)21-20(25-16-18-9-5-2-6-10-18)11-13-22(21)15-17-7-3-1-4-8-17/h1-10,19-21,23-24H,11-16H2/t19-,20+,21+/m0/s1. The van der Waals surface area contributed by atoms with Gasteiger partial charge in [0.1, 0.15) is 0 Å². The van der Waals surface area contributed by atoms with Gasteiger partial charge in [-0.25, -0.2) is 0 Å². The zero-order valence-electron chi connectivity index (χ0n) is 14.5. The van der Waals surface area contributed by atoms with Crippen LogP contribution in [-0.4, -0.2) is 46.5 Å². The summed E-state index contributed by atoms with van der Waals surface area (Å²) in [6, 6.07) is 20.3. The first-order chi connectivity index (χ1) is 12.3. The number of likely N-dealkylation sites (tertiary alicyclic amines) is 1. The summed E-state index contributed by atoms with van der Waals surface area (Å²) in [6.07, 6.45) is 0.663. The zero-order chi connectivity index (χ0) is 17.5. The van der Waals surface area contributed by atoms with Gasteiger partial charge in [0.15, 0.2) is 0 Å². The molecule has 1 aliphatic heterocycles. The number of benzene rings is 2. The summed E-state index contributed by atoms with van der Waals surface area (Å²) in [5.41, 5.74) is 2.37. The van der Waals surface area contributed by atoms with Gasteiger partial charge in [-0.3, -0.25) is 4.90 Å². The minimum Gasteiger partial charge on any atom is -0.396 e. The first-order valence-electron chi connectivity index (χ1n) is 9.00. The van der Waals surface area contributed by atoms with Gasteiger partial charge in [0.05, 0.1) is 24.9 Å². The summed E-state index contributed by atoms with van der Waals surface area (Å²) in [5, 5.41) is 19.8. The molecule has 2 aromatic rings. The topological polar surface area (TPSA) is 52.9 Å². The molecule has 0 saturated carbocycles. The van der Waals surface area contributed by atoms with Crippen molar-refractivity contribution in [2.75, 3.05) is 13.2 Å². The molecule has 2 N–H and O–H groups in total. The molecule has 1 heterocycles. The second-order valence-corrected chi connectivity index (χ2v) is 6.65. The van der Waals surface area contributed by atoms with Crippen LogP contribution in [0.25, 0.3) is 0 Å². The molecule has 0 aromatic heterocycles. The molecule has 1 saturated heterocycles. The van der Waals surface area contributed by atoms with E-state index in [0.29, 0.717) is 13.0 Å². The molecule has 0 bridgehead atoms. The molecule has 1 aliphatic rings. The smallest absolute Gasteiger partial charge is 0.0772 e. The average molecular weight is 341 g/mol. The van der Waals surface area contributed by atoms with Crippen molar-refractivity contribution in [3.05, 3.63) is 71.8 Å². The second kappa shape index (κ2) is 9.11. The lowest BCUT2D eigenvalue weighted by molar-refractivity contribution is -0.0400. The van der Waals surface area contributed by atoms with Crippen LogP contribution in [0.5, 0.6) is 0 Å². The number of aliphatic hydroxyl groups excluding tert-OH is 2. The predicted octanol–water partition coefficient (Wildman–Crippen LogP) is 2.59. The molecule has 4 nitrogen and oxygen atoms in total. The van der Waals surface area contributed by atoms with E-state index in [1.165, 1.54) is 5.56 Å². The van der Waals surface area contributed by atoms with E-state index in [-0.39, 0.29) is 18.8 Å². The van der Waals surface area contributed by atoms with Crippen molar-refractivity contribution in [2.24, 2.45) is 0 Å². The molecule has 25 heavy (non-hydrogen) atoms. The van der Waals surface area contributed by atoms with Crippen LogP contribution in [0.15, 0.2) is 60.7 Å². The Morgan fingerprint density at radius 3 is 2.28 bits per heavy atom. The van der Waals surface area contributed by atoms with Crippen molar-refractivity contribution in [3.8, 4) is 0 Å². The van der Waals surface area contributed by atoms with Crippen LogP contribution in [0.1, 0.15) is 24.0 Å². The number of nitrogens with zero attached hydrogens (tertiary/aromatic N) is 1. The monoisotopic (exact) mass is 341 g/mol. The highest BCUT2D eigenvalue weighted by Crippen LogP contribution is 2.27. The summed E-state index contributed by atoms with van der Waals surface area (Å²) in [6.45, 7) is 2.22. The van der Waals surface area contributed by atoms with E-state index in [4.69, 9.17) is 4.74 Å². The highest BCUT2D eigenvalue weighted by atomic mass is 16.5. The molecule has 0 spiro atoms. The lowest BCUT2D eigenvalue weighted by Crippen LogP contribution is -2.45. The Morgan fingerprint density at radius 2 is 1.64 bits per heavy atom. The van der Waals surface area contributed by atoms with E-state index in [0.717, 1.165) is 25.1 Å². The van der Waals surface area contributed by atoms with E-state index in [1.807, 2.05) is 36.4 Å². The number of hydrogen-bond acceptors (Lipinski definition) is 4. The van der Waals surface area contributed by atoms with Gasteiger partial charge >= 0.3 is 0 Å². The molecule has 3 rings (SSSR count). The van der Waals surface area contributed by atoms with E-state index in [1.54, 1.807) is 0 Å². The number of rotatable bonds is 8. The minimum atomic E-state index is -0.586. The van der Waals surface area contributed by atoms with Gasteiger partial charge in [-0.15, -0.1) is 0 Å². The SMILES string of the molecule is OCC[C@H](O)[C@@H]1[C@H](OCc2ccccc2)CCN1Cc1ccccc1. The molecule has 0 aliphatic carbocycles. The Balaban J connectivity index is 1.67. The third-order valence-corrected chi connectivity index (χ3v) is 4.86. The lowest BCUT2D eigenvalue weighted by atomic mass is 10.0. The third kappa shape index (κ3) is 4.89. The molecule has 2 aromatic carbocycles. The molecule has 3 atom stereocenters. The summed E-state index contributed by atoms with van der Waals surface area (Å²) >= 11 is 0. The quantitative estimate of drug-likeness (QED) is 0.775.